The molecule has 0 radical (unpaired) electrons. The van der Waals surface area contributed by atoms with Crippen LogP contribution in [0.2, 0.25) is 0 Å². The summed E-state index contributed by atoms with van der Waals surface area (Å²) >= 11 is 1.04. The molecule has 0 atom stereocenters. The number of thiophene rings is 1. The lowest BCUT2D eigenvalue weighted by Gasteiger charge is -2.10. The summed E-state index contributed by atoms with van der Waals surface area (Å²) in [5, 5.41) is 3.84. The molecule has 8 nitrogen and oxygen atoms in total. The molecule has 2 heterocycles. The third kappa shape index (κ3) is 4.83. The van der Waals surface area contributed by atoms with Crippen molar-refractivity contribution in [3.05, 3.63) is 52.5 Å². The molecule has 0 fully saturated rings. The van der Waals surface area contributed by atoms with E-state index in [1.54, 1.807) is 40.2 Å². The van der Waals surface area contributed by atoms with Gasteiger partial charge in [-0.1, -0.05) is 18.2 Å². The van der Waals surface area contributed by atoms with Crippen LogP contribution in [0.25, 0.3) is 10.9 Å². The summed E-state index contributed by atoms with van der Waals surface area (Å²) in [7, 11) is 3.24. The Kier molecular flexibility index (Phi) is 6.86. The molecule has 0 aliphatic carbocycles. The summed E-state index contributed by atoms with van der Waals surface area (Å²) < 4.78 is 10.8. The van der Waals surface area contributed by atoms with Gasteiger partial charge in [0.25, 0.3) is 11.8 Å². The van der Waals surface area contributed by atoms with Gasteiger partial charge >= 0.3 is 5.97 Å². The smallest absolute Gasteiger partial charge is 0.341 e. The predicted octanol–water partition coefficient (Wildman–Crippen LogP) is 3.50. The predicted molar refractivity (Wildman–Crippen MR) is 119 cm³/mol. The topological polar surface area (TPSA) is 97.8 Å². The molecule has 0 unspecified atom stereocenters. The van der Waals surface area contributed by atoms with Gasteiger partial charge < -0.3 is 19.7 Å². The van der Waals surface area contributed by atoms with Crippen molar-refractivity contribution in [2.75, 3.05) is 32.6 Å². The second-order valence-corrected chi connectivity index (χ2v) is 7.87. The monoisotopic (exact) mass is 441 g/mol. The average molecular weight is 442 g/mol. The minimum absolute atomic E-state index is 0.176. The van der Waals surface area contributed by atoms with Crippen molar-refractivity contribution in [1.29, 1.82) is 0 Å². The second kappa shape index (κ2) is 9.57. The van der Waals surface area contributed by atoms with Gasteiger partial charge in [-0.15, -0.1) is 11.3 Å². The van der Waals surface area contributed by atoms with Crippen LogP contribution in [0.1, 0.15) is 32.5 Å². The third-order valence-corrected chi connectivity index (χ3v) is 5.63. The van der Waals surface area contributed by atoms with Crippen LogP contribution < -0.4 is 10.1 Å². The normalized spacial score (nSPS) is 10.6. The number of hydrogen-bond donors (Lipinski definition) is 1. The number of aromatic nitrogens is 1. The first-order valence-electron chi connectivity index (χ1n) is 9.62. The van der Waals surface area contributed by atoms with Crippen LogP contribution in [0.3, 0.4) is 0 Å². The Hall–Kier alpha value is -3.46. The van der Waals surface area contributed by atoms with E-state index in [9.17, 15) is 14.4 Å². The van der Waals surface area contributed by atoms with Gasteiger partial charge in [-0.3, -0.25) is 14.6 Å². The molecule has 3 rings (SSSR count). The molecule has 0 aliphatic heterocycles. The number of amides is 2. The number of carbonyl (C=O) groups excluding carboxylic acids is 3. The lowest BCUT2D eigenvalue weighted by Crippen LogP contribution is -2.21. The lowest BCUT2D eigenvalue weighted by atomic mass is 10.1. The van der Waals surface area contributed by atoms with Crippen molar-refractivity contribution < 1.29 is 23.9 Å². The zero-order chi connectivity index (χ0) is 22.5. The van der Waals surface area contributed by atoms with Gasteiger partial charge in [-0.25, -0.2) is 4.79 Å². The van der Waals surface area contributed by atoms with Crippen molar-refractivity contribution in [3.63, 3.8) is 0 Å². The van der Waals surface area contributed by atoms with E-state index in [0.717, 1.165) is 16.7 Å². The van der Waals surface area contributed by atoms with E-state index < -0.39 is 11.9 Å². The van der Waals surface area contributed by atoms with E-state index in [-0.39, 0.29) is 29.7 Å². The molecule has 0 bridgehead atoms. The first kappa shape index (κ1) is 22.2. The molecule has 2 aromatic heterocycles. The highest BCUT2D eigenvalue weighted by Gasteiger charge is 2.27. The lowest BCUT2D eigenvalue weighted by molar-refractivity contribution is -0.118. The van der Waals surface area contributed by atoms with Crippen molar-refractivity contribution in [2.45, 2.75) is 13.8 Å². The van der Waals surface area contributed by atoms with Gasteiger partial charge in [0.2, 0.25) is 0 Å². The SMILES string of the molecule is CCOC(=O)c1c(NC(=O)COc2cccc3cccnc23)sc(C(=O)N(C)C)c1C. The zero-order valence-electron chi connectivity index (χ0n) is 17.7. The maximum absolute atomic E-state index is 12.6. The first-order valence-corrected chi connectivity index (χ1v) is 10.4. The molecule has 162 valence electrons. The standard InChI is InChI=1S/C22H23N3O5S/c1-5-29-22(28)17-13(2)19(21(27)25(3)4)31-20(17)24-16(26)12-30-15-10-6-8-14-9-7-11-23-18(14)15/h6-11H,5,12H2,1-4H3,(H,24,26). The number of fused-ring (bicyclic) bond motifs is 1. The first-order chi connectivity index (χ1) is 14.8. The molecule has 1 N–H and O–H groups in total. The molecule has 2 amide bonds. The maximum atomic E-state index is 12.6. The van der Waals surface area contributed by atoms with E-state index in [0.29, 0.717) is 21.7 Å². The number of anilines is 1. The van der Waals surface area contributed by atoms with Crippen LogP contribution in [-0.2, 0) is 9.53 Å². The summed E-state index contributed by atoms with van der Waals surface area (Å²) in [4.78, 5) is 43.6. The number of nitrogens with zero attached hydrogens (tertiary/aromatic N) is 2. The van der Waals surface area contributed by atoms with Gasteiger partial charge in [-0.2, -0.15) is 0 Å². The Morgan fingerprint density at radius 1 is 1.16 bits per heavy atom. The van der Waals surface area contributed by atoms with E-state index in [4.69, 9.17) is 9.47 Å². The molecule has 0 aliphatic rings. The minimum Gasteiger partial charge on any atom is -0.481 e. The van der Waals surface area contributed by atoms with Gasteiger partial charge in [-0.05, 0) is 31.5 Å². The quantitative estimate of drug-likeness (QED) is 0.564. The average Bonchev–Trinajstić information content (AvgIpc) is 3.07. The molecule has 31 heavy (non-hydrogen) atoms. The molecule has 9 heteroatoms. The number of hydrogen-bond acceptors (Lipinski definition) is 7. The van der Waals surface area contributed by atoms with Gasteiger partial charge in [0, 0.05) is 25.7 Å². The van der Waals surface area contributed by atoms with Crippen molar-refractivity contribution in [1.82, 2.24) is 9.88 Å². The fourth-order valence-corrected chi connectivity index (χ4v) is 4.19. The summed E-state index contributed by atoms with van der Waals surface area (Å²) in [5.41, 5.74) is 1.30. The van der Waals surface area contributed by atoms with Gasteiger partial charge in [0.1, 0.15) is 16.3 Å². The van der Waals surface area contributed by atoms with Crippen LogP contribution in [0.5, 0.6) is 5.75 Å². The van der Waals surface area contributed by atoms with Crippen molar-refractivity contribution in [3.8, 4) is 5.75 Å². The van der Waals surface area contributed by atoms with Gasteiger partial charge in [0.05, 0.1) is 17.0 Å². The van der Waals surface area contributed by atoms with Crippen LogP contribution in [0.4, 0.5) is 5.00 Å². The Morgan fingerprint density at radius 3 is 2.61 bits per heavy atom. The fourth-order valence-electron chi connectivity index (χ4n) is 2.96. The fraction of sp³-hybridized carbons (Fsp3) is 0.273. The Bertz CT molecular complexity index is 1130. The second-order valence-electron chi connectivity index (χ2n) is 6.85. The number of benzene rings is 1. The van der Waals surface area contributed by atoms with E-state index in [1.807, 2.05) is 24.3 Å². The number of ether oxygens (including phenoxy) is 2. The summed E-state index contributed by atoms with van der Waals surface area (Å²) in [6, 6.07) is 9.17. The molecule has 3 aromatic rings. The highest BCUT2D eigenvalue weighted by molar-refractivity contribution is 7.18. The highest BCUT2D eigenvalue weighted by Crippen LogP contribution is 2.34. The zero-order valence-corrected chi connectivity index (χ0v) is 18.5. The van der Waals surface area contributed by atoms with Crippen LogP contribution in [0, 0.1) is 6.92 Å². The number of nitrogens with one attached hydrogen (secondary N) is 1. The summed E-state index contributed by atoms with van der Waals surface area (Å²) in [6.07, 6.45) is 1.65. The van der Waals surface area contributed by atoms with Crippen LogP contribution in [0.15, 0.2) is 36.5 Å². The van der Waals surface area contributed by atoms with E-state index in [1.165, 1.54) is 4.90 Å². The van der Waals surface area contributed by atoms with Crippen molar-refractivity contribution in [2.24, 2.45) is 0 Å². The summed E-state index contributed by atoms with van der Waals surface area (Å²) in [5.74, 6) is -0.844. The Morgan fingerprint density at radius 2 is 1.90 bits per heavy atom. The maximum Gasteiger partial charge on any atom is 0.341 e. The number of esters is 1. The number of para-hydroxylation sites is 1. The van der Waals surface area contributed by atoms with Crippen molar-refractivity contribution >= 4 is 45.0 Å². The van der Waals surface area contributed by atoms with Crippen LogP contribution >= 0.6 is 11.3 Å². The third-order valence-electron chi connectivity index (χ3n) is 4.43. The molecular weight excluding hydrogens is 418 g/mol. The summed E-state index contributed by atoms with van der Waals surface area (Å²) in [6.45, 7) is 3.24. The minimum atomic E-state index is -0.594. The number of rotatable bonds is 7. The van der Waals surface area contributed by atoms with E-state index >= 15 is 0 Å². The molecular formula is C22H23N3O5S. The largest absolute Gasteiger partial charge is 0.481 e. The number of pyridine rings is 1. The molecule has 0 saturated carbocycles. The van der Waals surface area contributed by atoms with E-state index in [2.05, 4.69) is 10.3 Å². The van der Waals surface area contributed by atoms with Crippen LogP contribution in [-0.4, -0.2) is 55.0 Å². The molecule has 0 saturated heterocycles. The highest BCUT2D eigenvalue weighted by atomic mass is 32.1. The number of carbonyl (C=O) groups is 3. The van der Waals surface area contributed by atoms with Gasteiger partial charge in [0.15, 0.2) is 6.61 Å². The molecule has 1 aromatic carbocycles. The Balaban J connectivity index is 1.82. The molecule has 0 spiro atoms. The Labute approximate surface area is 183 Å².